The van der Waals surface area contributed by atoms with E-state index < -0.39 is 5.91 Å². The Labute approximate surface area is 228 Å². The van der Waals surface area contributed by atoms with Crippen LogP contribution in [0.25, 0.3) is 33.9 Å². The van der Waals surface area contributed by atoms with Gasteiger partial charge in [-0.25, -0.2) is 4.98 Å². The number of benzene rings is 3. The number of nitrogens with zero attached hydrogens (tertiary/aromatic N) is 1. The summed E-state index contributed by atoms with van der Waals surface area (Å²) < 4.78 is 12.6. The lowest BCUT2D eigenvalue weighted by Gasteiger charge is -2.08. The van der Waals surface area contributed by atoms with Gasteiger partial charge in [-0.3, -0.25) is 10.1 Å². The third-order valence-electron chi connectivity index (χ3n) is 4.99. The molecule has 0 unspecified atom stereocenters. The van der Waals surface area contributed by atoms with Crippen molar-refractivity contribution in [3.8, 4) is 22.8 Å². The Bertz CT molecular complexity index is 1600. The van der Waals surface area contributed by atoms with Crippen LogP contribution in [0.5, 0.6) is 0 Å². The standard InChI is InChI=1S/C25H14Cl2IN3O3S/c26-17-6-2-5-16(22(17)27)19-9-10-21(33-19)23(32)31-25(35)29-15-7-8-20-18(12-15)30-24(34-20)13-3-1-4-14(28)11-13/h1-12H,(H2,29,31,32,35). The summed E-state index contributed by atoms with van der Waals surface area (Å²) in [6.07, 6.45) is 0. The number of amides is 1. The molecule has 5 aromatic rings. The SMILES string of the molecule is O=C(NC(=S)Nc1ccc2oc(-c3cccc(I)c3)nc2c1)c1ccc(-c2cccc(Cl)c2Cl)o1. The first-order valence-corrected chi connectivity index (χ1v) is 12.4. The second-order valence-corrected chi connectivity index (χ2v) is 9.82. The zero-order valence-corrected chi connectivity index (χ0v) is 22.1. The molecule has 3 aromatic carbocycles. The first-order valence-electron chi connectivity index (χ1n) is 10.2. The van der Waals surface area contributed by atoms with Crippen LogP contribution in [0.15, 0.2) is 81.6 Å². The summed E-state index contributed by atoms with van der Waals surface area (Å²) in [4.78, 5) is 17.2. The number of nitrogens with one attached hydrogen (secondary N) is 2. The van der Waals surface area contributed by atoms with Gasteiger partial charge in [0.1, 0.15) is 11.3 Å². The van der Waals surface area contributed by atoms with Crippen molar-refractivity contribution in [2.75, 3.05) is 5.32 Å². The summed E-state index contributed by atoms with van der Waals surface area (Å²) >= 11 is 19.9. The first kappa shape index (κ1) is 23.8. The van der Waals surface area contributed by atoms with Gasteiger partial charge in [0, 0.05) is 20.4 Å². The molecule has 35 heavy (non-hydrogen) atoms. The maximum Gasteiger partial charge on any atom is 0.293 e. The van der Waals surface area contributed by atoms with Gasteiger partial charge in [0.25, 0.3) is 5.91 Å². The van der Waals surface area contributed by atoms with E-state index in [-0.39, 0.29) is 10.9 Å². The fourth-order valence-electron chi connectivity index (χ4n) is 3.38. The molecule has 0 atom stereocenters. The zero-order chi connectivity index (χ0) is 24.5. The highest BCUT2D eigenvalue weighted by Gasteiger charge is 2.16. The predicted molar refractivity (Wildman–Crippen MR) is 150 cm³/mol. The van der Waals surface area contributed by atoms with E-state index in [2.05, 4.69) is 38.2 Å². The van der Waals surface area contributed by atoms with Crippen LogP contribution in [0.2, 0.25) is 10.0 Å². The Morgan fingerprint density at radius 1 is 0.971 bits per heavy atom. The van der Waals surface area contributed by atoms with Crippen molar-refractivity contribution in [1.82, 2.24) is 10.3 Å². The number of halogens is 3. The second-order valence-electron chi connectivity index (χ2n) is 7.39. The Hall–Kier alpha value is -2.92. The quantitative estimate of drug-likeness (QED) is 0.155. The Balaban J connectivity index is 1.28. The van der Waals surface area contributed by atoms with Crippen molar-refractivity contribution in [2.24, 2.45) is 0 Å². The number of anilines is 1. The second kappa shape index (κ2) is 9.98. The molecule has 0 bridgehead atoms. The van der Waals surface area contributed by atoms with Gasteiger partial charge in [-0.15, -0.1) is 0 Å². The summed E-state index contributed by atoms with van der Waals surface area (Å²) in [6.45, 7) is 0. The molecule has 2 aromatic heterocycles. The number of hydrogen-bond donors (Lipinski definition) is 2. The van der Waals surface area contributed by atoms with Crippen LogP contribution >= 0.6 is 58.0 Å². The lowest BCUT2D eigenvalue weighted by Crippen LogP contribution is -2.33. The third-order valence-corrected chi connectivity index (χ3v) is 6.68. The van der Waals surface area contributed by atoms with Crippen molar-refractivity contribution >= 4 is 85.8 Å². The van der Waals surface area contributed by atoms with Crippen LogP contribution in [0.4, 0.5) is 5.69 Å². The van der Waals surface area contributed by atoms with E-state index in [1.165, 1.54) is 6.07 Å². The predicted octanol–water partition coefficient (Wildman–Crippen LogP) is 7.79. The van der Waals surface area contributed by atoms with Gasteiger partial charge in [-0.05, 0) is 95.5 Å². The fourth-order valence-corrected chi connectivity index (χ4v) is 4.52. The first-order chi connectivity index (χ1) is 16.9. The van der Waals surface area contributed by atoms with Gasteiger partial charge in [0.05, 0.1) is 10.0 Å². The average Bonchev–Trinajstić information content (AvgIpc) is 3.48. The van der Waals surface area contributed by atoms with Gasteiger partial charge < -0.3 is 14.2 Å². The van der Waals surface area contributed by atoms with Crippen LogP contribution < -0.4 is 10.6 Å². The number of carbonyl (C=O) groups excluding carboxylic acids is 1. The monoisotopic (exact) mass is 633 g/mol. The lowest BCUT2D eigenvalue weighted by molar-refractivity contribution is 0.0951. The van der Waals surface area contributed by atoms with Crippen molar-refractivity contribution in [1.29, 1.82) is 0 Å². The van der Waals surface area contributed by atoms with Crippen molar-refractivity contribution in [3.63, 3.8) is 0 Å². The number of hydrogen-bond acceptors (Lipinski definition) is 5. The highest BCUT2D eigenvalue weighted by molar-refractivity contribution is 14.1. The molecule has 0 spiro atoms. The molecule has 6 nitrogen and oxygen atoms in total. The number of rotatable bonds is 4. The van der Waals surface area contributed by atoms with Crippen LogP contribution in [-0.4, -0.2) is 16.0 Å². The molecule has 174 valence electrons. The molecule has 0 fully saturated rings. The molecule has 0 aliphatic heterocycles. The van der Waals surface area contributed by atoms with E-state index in [0.29, 0.717) is 44.0 Å². The number of furan rings is 1. The fraction of sp³-hybridized carbons (Fsp3) is 0. The largest absolute Gasteiger partial charge is 0.451 e. The van der Waals surface area contributed by atoms with Gasteiger partial charge in [0.2, 0.25) is 5.89 Å². The van der Waals surface area contributed by atoms with E-state index >= 15 is 0 Å². The van der Waals surface area contributed by atoms with E-state index in [0.717, 1.165) is 9.13 Å². The number of thiocarbonyl (C=S) groups is 1. The van der Waals surface area contributed by atoms with Crippen LogP contribution in [0, 0.1) is 3.57 Å². The van der Waals surface area contributed by atoms with Gasteiger partial charge in [-0.1, -0.05) is 35.3 Å². The third kappa shape index (κ3) is 5.20. The summed E-state index contributed by atoms with van der Waals surface area (Å²) in [5.74, 6) is 0.520. The normalized spacial score (nSPS) is 10.9. The Morgan fingerprint density at radius 2 is 1.80 bits per heavy atom. The number of carbonyl (C=O) groups is 1. The highest BCUT2D eigenvalue weighted by atomic mass is 127. The number of aromatic nitrogens is 1. The Kier molecular flexibility index (Phi) is 6.79. The maximum absolute atomic E-state index is 12.6. The van der Waals surface area contributed by atoms with Gasteiger partial charge in [-0.2, -0.15) is 0 Å². The highest BCUT2D eigenvalue weighted by Crippen LogP contribution is 2.34. The summed E-state index contributed by atoms with van der Waals surface area (Å²) in [5.41, 5.74) is 3.43. The van der Waals surface area contributed by atoms with E-state index in [4.69, 9.17) is 44.3 Å². The van der Waals surface area contributed by atoms with Gasteiger partial charge >= 0.3 is 0 Å². The topological polar surface area (TPSA) is 80.3 Å². The van der Waals surface area contributed by atoms with Crippen molar-refractivity contribution in [2.45, 2.75) is 0 Å². The van der Waals surface area contributed by atoms with Crippen LogP contribution in [-0.2, 0) is 0 Å². The van der Waals surface area contributed by atoms with E-state index in [9.17, 15) is 4.79 Å². The lowest BCUT2D eigenvalue weighted by atomic mass is 10.2. The maximum atomic E-state index is 12.6. The van der Waals surface area contributed by atoms with E-state index in [1.54, 1.807) is 42.5 Å². The molecule has 0 saturated heterocycles. The average molecular weight is 634 g/mol. The van der Waals surface area contributed by atoms with Crippen LogP contribution in [0.1, 0.15) is 10.6 Å². The van der Waals surface area contributed by atoms with E-state index in [1.807, 2.05) is 24.3 Å². The molecule has 0 aliphatic carbocycles. The van der Waals surface area contributed by atoms with Crippen molar-refractivity contribution < 1.29 is 13.6 Å². The Morgan fingerprint density at radius 3 is 2.63 bits per heavy atom. The van der Waals surface area contributed by atoms with Crippen LogP contribution in [0.3, 0.4) is 0 Å². The molecule has 0 radical (unpaired) electrons. The minimum absolute atomic E-state index is 0.0780. The molecule has 2 heterocycles. The molecule has 0 saturated carbocycles. The minimum atomic E-state index is -0.504. The molecule has 10 heteroatoms. The molecule has 0 aliphatic rings. The molecule has 2 N–H and O–H groups in total. The summed E-state index contributed by atoms with van der Waals surface area (Å²) in [5, 5.41) is 6.44. The smallest absolute Gasteiger partial charge is 0.293 e. The van der Waals surface area contributed by atoms with Crippen molar-refractivity contribution in [3.05, 3.63) is 92.2 Å². The summed E-state index contributed by atoms with van der Waals surface area (Å²) in [7, 11) is 0. The summed E-state index contributed by atoms with van der Waals surface area (Å²) in [6, 6.07) is 21.6. The minimum Gasteiger partial charge on any atom is -0.451 e. The number of fused-ring (bicyclic) bond motifs is 1. The molecular formula is C25H14Cl2IN3O3S. The number of oxazole rings is 1. The zero-order valence-electron chi connectivity index (χ0n) is 17.6. The van der Waals surface area contributed by atoms with Gasteiger partial charge in [0.15, 0.2) is 16.5 Å². The molecular weight excluding hydrogens is 620 g/mol. The molecule has 1 amide bonds. The molecule has 5 rings (SSSR count).